The van der Waals surface area contributed by atoms with E-state index in [0.717, 1.165) is 54.0 Å². The fraction of sp³-hybridized carbons (Fsp3) is 0.400. The third-order valence-electron chi connectivity index (χ3n) is 5.13. The van der Waals surface area contributed by atoms with E-state index in [1.165, 1.54) is 0 Å². The van der Waals surface area contributed by atoms with Crippen molar-refractivity contribution in [2.24, 2.45) is 5.10 Å². The number of hydrogen-bond donors (Lipinski definition) is 1. The van der Waals surface area contributed by atoms with Gasteiger partial charge in [-0.2, -0.15) is 5.10 Å². The summed E-state index contributed by atoms with van der Waals surface area (Å²) in [5, 5.41) is 12.2. The monoisotopic (exact) mass is 380 g/mol. The lowest BCUT2D eigenvalue weighted by Gasteiger charge is -2.14. The van der Waals surface area contributed by atoms with Crippen molar-refractivity contribution < 1.29 is 9.53 Å². The maximum absolute atomic E-state index is 12.2. The van der Waals surface area contributed by atoms with Crippen LogP contribution in [-0.2, 0) is 22.6 Å². The molecule has 2 aromatic heterocycles. The first kappa shape index (κ1) is 18.4. The summed E-state index contributed by atoms with van der Waals surface area (Å²) >= 11 is 0. The van der Waals surface area contributed by atoms with Crippen molar-refractivity contribution in [1.29, 1.82) is 0 Å². The van der Waals surface area contributed by atoms with E-state index in [2.05, 4.69) is 45.3 Å². The molecule has 8 heteroatoms. The average Bonchev–Trinajstić information content (AvgIpc) is 3.40. The van der Waals surface area contributed by atoms with Gasteiger partial charge in [-0.3, -0.25) is 4.79 Å². The number of nitrogens with zero attached hydrogens (tertiary/aromatic N) is 5. The molecule has 1 aliphatic rings. The lowest BCUT2D eigenvalue weighted by Crippen LogP contribution is -2.23. The highest BCUT2D eigenvalue weighted by Crippen LogP contribution is 2.19. The molecule has 3 heterocycles. The van der Waals surface area contributed by atoms with Crippen LogP contribution in [0.15, 0.2) is 35.4 Å². The number of para-hydroxylation sites is 1. The highest BCUT2D eigenvalue weighted by Gasteiger charge is 2.18. The van der Waals surface area contributed by atoms with Gasteiger partial charge in [0.05, 0.1) is 17.8 Å². The molecule has 1 amide bonds. The van der Waals surface area contributed by atoms with E-state index in [-0.39, 0.29) is 18.6 Å². The number of rotatable bonds is 6. The van der Waals surface area contributed by atoms with Gasteiger partial charge in [0.2, 0.25) is 0 Å². The van der Waals surface area contributed by atoms with E-state index >= 15 is 0 Å². The molecule has 4 rings (SSSR count). The molecule has 0 unspecified atom stereocenters. The Bertz CT molecular complexity index is 1010. The Balaban J connectivity index is 1.38. The van der Waals surface area contributed by atoms with Crippen LogP contribution in [0.25, 0.3) is 11.0 Å². The Labute approximate surface area is 163 Å². The zero-order valence-electron chi connectivity index (χ0n) is 16.1. The van der Waals surface area contributed by atoms with Crippen molar-refractivity contribution in [2.45, 2.75) is 45.9 Å². The fourth-order valence-electron chi connectivity index (χ4n) is 3.61. The number of hydrogen-bond acceptors (Lipinski definition) is 5. The van der Waals surface area contributed by atoms with Crippen LogP contribution in [-0.4, -0.2) is 44.4 Å². The summed E-state index contributed by atoms with van der Waals surface area (Å²) in [4.78, 5) is 12.2. The molecule has 0 spiro atoms. The second-order valence-electron chi connectivity index (χ2n) is 7.10. The molecule has 28 heavy (non-hydrogen) atoms. The van der Waals surface area contributed by atoms with Crippen LogP contribution in [0.1, 0.15) is 29.8 Å². The Morgan fingerprint density at radius 2 is 2.25 bits per heavy atom. The number of benzene rings is 1. The Hall–Kier alpha value is -3.00. The highest BCUT2D eigenvalue weighted by molar-refractivity contribution is 5.84. The number of aromatic nitrogens is 4. The largest absolute Gasteiger partial charge is 0.376 e. The van der Waals surface area contributed by atoms with Crippen LogP contribution in [0.5, 0.6) is 0 Å². The molecule has 8 nitrogen and oxygen atoms in total. The molecule has 1 atom stereocenters. The lowest BCUT2D eigenvalue weighted by molar-refractivity contribution is -0.121. The minimum atomic E-state index is -0.250. The Morgan fingerprint density at radius 3 is 3.07 bits per heavy atom. The van der Waals surface area contributed by atoms with Gasteiger partial charge < -0.3 is 9.30 Å². The summed E-state index contributed by atoms with van der Waals surface area (Å²) in [7, 11) is 0. The SMILES string of the molecule is Cc1cc(/C=N\NC(=O)Cn2nnc3ccccc32)c(C)n1C[C@@H]1CCCO1. The first-order valence-corrected chi connectivity index (χ1v) is 9.50. The van der Waals surface area contributed by atoms with Gasteiger partial charge in [0.15, 0.2) is 0 Å². The maximum atomic E-state index is 12.2. The lowest BCUT2D eigenvalue weighted by atomic mass is 10.2. The number of carbonyl (C=O) groups is 1. The van der Waals surface area contributed by atoms with Gasteiger partial charge in [-0.05, 0) is 44.9 Å². The van der Waals surface area contributed by atoms with Gasteiger partial charge in [-0.25, -0.2) is 10.1 Å². The zero-order valence-corrected chi connectivity index (χ0v) is 16.1. The number of fused-ring (bicyclic) bond motifs is 1. The molecule has 0 radical (unpaired) electrons. The fourth-order valence-corrected chi connectivity index (χ4v) is 3.61. The molecule has 146 valence electrons. The van der Waals surface area contributed by atoms with E-state index in [9.17, 15) is 4.79 Å². The normalized spacial score (nSPS) is 17.0. The minimum absolute atomic E-state index is 0.0654. The summed E-state index contributed by atoms with van der Waals surface area (Å²) in [5.74, 6) is -0.250. The van der Waals surface area contributed by atoms with E-state index in [0.29, 0.717) is 0 Å². The van der Waals surface area contributed by atoms with Crippen LogP contribution < -0.4 is 5.43 Å². The number of hydrazone groups is 1. The third-order valence-corrected chi connectivity index (χ3v) is 5.13. The molecule has 0 aliphatic carbocycles. The summed E-state index contributed by atoms with van der Waals surface area (Å²) in [5.41, 5.74) is 7.42. The molecule has 1 saturated heterocycles. The summed E-state index contributed by atoms with van der Waals surface area (Å²) in [6.45, 7) is 5.92. The molecular formula is C20H24N6O2. The molecule has 1 fully saturated rings. The molecule has 1 aliphatic heterocycles. The van der Waals surface area contributed by atoms with E-state index in [4.69, 9.17) is 4.74 Å². The first-order chi connectivity index (χ1) is 13.6. The molecular weight excluding hydrogens is 356 g/mol. The second kappa shape index (κ2) is 7.93. The standard InChI is InChI=1S/C20H24N6O2/c1-14-10-16(15(2)25(14)12-17-6-5-9-28-17)11-21-23-20(27)13-26-19-8-4-3-7-18(19)22-24-26/h3-4,7-8,10-11,17H,5-6,9,12-13H2,1-2H3,(H,23,27)/b21-11-/t17-/m0/s1. The van der Waals surface area contributed by atoms with E-state index in [1.54, 1.807) is 10.9 Å². The quantitative estimate of drug-likeness (QED) is 0.525. The maximum Gasteiger partial charge on any atom is 0.261 e. The van der Waals surface area contributed by atoms with Crippen molar-refractivity contribution in [3.05, 3.63) is 47.3 Å². The van der Waals surface area contributed by atoms with Gasteiger partial charge in [0.1, 0.15) is 12.1 Å². The van der Waals surface area contributed by atoms with Crippen molar-refractivity contribution in [1.82, 2.24) is 25.0 Å². The van der Waals surface area contributed by atoms with Crippen LogP contribution in [0.3, 0.4) is 0 Å². The van der Waals surface area contributed by atoms with Gasteiger partial charge in [0.25, 0.3) is 5.91 Å². The predicted molar refractivity (Wildman–Crippen MR) is 106 cm³/mol. The van der Waals surface area contributed by atoms with Crippen LogP contribution in [0.2, 0.25) is 0 Å². The van der Waals surface area contributed by atoms with Crippen molar-refractivity contribution in [3.8, 4) is 0 Å². The minimum Gasteiger partial charge on any atom is -0.376 e. The number of aryl methyl sites for hydroxylation is 1. The average molecular weight is 380 g/mol. The highest BCUT2D eigenvalue weighted by atomic mass is 16.5. The third kappa shape index (κ3) is 3.82. The van der Waals surface area contributed by atoms with E-state index < -0.39 is 0 Å². The Morgan fingerprint density at radius 1 is 1.39 bits per heavy atom. The summed E-state index contributed by atoms with van der Waals surface area (Å²) < 4.78 is 9.56. The summed E-state index contributed by atoms with van der Waals surface area (Å²) in [6.07, 6.45) is 4.21. The van der Waals surface area contributed by atoms with Crippen molar-refractivity contribution in [2.75, 3.05) is 6.61 Å². The van der Waals surface area contributed by atoms with Gasteiger partial charge >= 0.3 is 0 Å². The van der Waals surface area contributed by atoms with Gasteiger partial charge in [-0.15, -0.1) is 5.10 Å². The molecule has 1 N–H and O–H groups in total. The van der Waals surface area contributed by atoms with Gasteiger partial charge in [-0.1, -0.05) is 17.3 Å². The molecule has 1 aromatic carbocycles. The van der Waals surface area contributed by atoms with Crippen LogP contribution in [0.4, 0.5) is 0 Å². The van der Waals surface area contributed by atoms with Gasteiger partial charge in [0, 0.05) is 30.1 Å². The predicted octanol–water partition coefficient (Wildman–Crippen LogP) is 2.18. The molecule has 0 bridgehead atoms. The smallest absolute Gasteiger partial charge is 0.261 e. The number of ether oxygens (including phenoxy) is 1. The van der Waals surface area contributed by atoms with E-state index in [1.807, 2.05) is 24.3 Å². The first-order valence-electron chi connectivity index (χ1n) is 9.50. The Kier molecular flexibility index (Phi) is 5.21. The number of carbonyl (C=O) groups excluding carboxylic acids is 1. The van der Waals surface area contributed by atoms with Crippen molar-refractivity contribution in [3.63, 3.8) is 0 Å². The second-order valence-corrected chi connectivity index (χ2v) is 7.10. The molecule has 0 saturated carbocycles. The summed E-state index contributed by atoms with van der Waals surface area (Å²) in [6, 6.07) is 9.60. The topological polar surface area (TPSA) is 86.3 Å². The van der Waals surface area contributed by atoms with Crippen LogP contribution >= 0.6 is 0 Å². The van der Waals surface area contributed by atoms with Crippen molar-refractivity contribution >= 4 is 23.2 Å². The molecule has 3 aromatic rings. The van der Waals surface area contributed by atoms with Crippen LogP contribution in [0, 0.1) is 13.8 Å². The number of amides is 1. The number of nitrogens with one attached hydrogen (secondary N) is 1. The zero-order chi connectivity index (χ0) is 19.5.